The Morgan fingerprint density at radius 2 is 1.86 bits per heavy atom. The van der Waals surface area contributed by atoms with Crippen molar-refractivity contribution in [3.63, 3.8) is 0 Å². The second kappa shape index (κ2) is 10.0. The van der Waals surface area contributed by atoms with E-state index in [4.69, 9.17) is 9.47 Å². The largest absolute Gasteiger partial charge is 0.614 e. The van der Waals surface area contributed by atoms with E-state index in [1.54, 1.807) is 30.3 Å². The molecule has 0 saturated carbocycles. The third-order valence-corrected chi connectivity index (χ3v) is 6.83. The van der Waals surface area contributed by atoms with E-state index in [0.717, 1.165) is 4.90 Å². The highest BCUT2D eigenvalue weighted by Crippen LogP contribution is 2.36. The second-order valence-corrected chi connectivity index (χ2v) is 9.10. The number of carbonyl (C=O) groups excluding carboxylic acids is 3. The zero-order valence-corrected chi connectivity index (χ0v) is 18.8. The molecule has 2 aliphatic heterocycles. The van der Waals surface area contributed by atoms with Crippen LogP contribution in [-0.4, -0.2) is 61.0 Å². The van der Waals surface area contributed by atoms with Crippen LogP contribution in [0.15, 0.2) is 66.1 Å². The zero-order chi connectivity index (χ0) is 25.1. The summed E-state index contributed by atoms with van der Waals surface area (Å²) >= 11 is -1.78. The molecule has 0 bridgehead atoms. The van der Waals surface area contributed by atoms with Gasteiger partial charge in [0.25, 0.3) is 17.5 Å². The minimum atomic E-state index is -1.78. The van der Waals surface area contributed by atoms with Crippen LogP contribution in [0.25, 0.3) is 0 Å². The monoisotopic (exact) mass is 501 g/mol. The number of nitrogens with zero attached hydrogens (tertiary/aromatic N) is 2. The Hall–Kier alpha value is -4.10. The number of carbonyl (C=O) groups is 3. The summed E-state index contributed by atoms with van der Waals surface area (Å²) in [6.45, 7) is -0.654. The van der Waals surface area contributed by atoms with Gasteiger partial charge < -0.3 is 24.4 Å². The molecule has 0 aliphatic carbocycles. The smallest absolute Gasteiger partial charge is 0.359 e. The lowest BCUT2D eigenvalue weighted by Gasteiger charge is -2.48. The van der Waals surface area contributed by atoms with E-state index in [-0.39, 0.29) is 18.9 Å². The van der Waals surface area contributed by atoms with Crippen LogP contribution in [0.3, 0.4) is 0 Å². The van der Waals surface area contributed by atoms with Crippen molar-refractivity contribution in [2.75, 3.05) is 12.4 Å². The van der Waals surface area contributed by atoms with Crippen LogP contribution in [0, 0.1) is 10.1 Å². The van der Waals surface area contributed by atoms with E-state index in [9.17, 15) is 34.2 Å². The number of ether oxygens (including phenoxy) is 2. The lowest BCUT2D eigenvalue weighted by Crippen LogP contribution is -2.75. The topological polar surface area (TPSA) is 171 Å². The third-order valence-electron chi connectivity index (χ3n) is 5.25. The Morgan fingerprint density at radius 3 is 2.51 bits per heavy atom. The molecular weight excluding hydrogens is 482 g/mol. The minimum Gasteiger partial charge on any atom is -0.614 e. The van der Waals surface area contributed by atoms with Crippen LogP contribution in [0.5, 0.6) is 5.75 Å². The van der Waals surface area contributed by atoms with Gasteiger partial charge in [-0.1, -0.05) is 18.2 Å². The van der Waals surface area contributed by atoms with Crippen molar-refractivity contribution in [2.24, 2.45) is 0 Å². The van der Waals surface area contributed by atoms with Gasteiger partial charge in [0, 0.05) is 12.1 Å². The van der Waals surface area contributed by atoms with Crippen LogP contribution in [-0.2, 0) is 36.9 Å². The number of para-hydroxylation sites is 1. The zero-order valence-electron chi connectivity index (χ0n) is 18.0. The van der Waals surface area contributed by atoms with Crippen molar-refractivity contribution in [2.45, 2.75) is 18.0 Å². The number of non-ortho nitro benzene ring substituents is 1. The first-order chi connectivity index (χ1) is 16.8. The number of nitro benzene ring substituents is 1. The van der Waals surface area contributed by atoms with Crippen molar-refractivity contribution < 1.29 is 38.4 Å². The van der Waals surface area contributed by atoms with Gasteiger partial charge in [-0.05, 0) is 41.0 Å². The van der Waals surface area contributed by atoms with Gasteiger partial charge in [0.1, 0.15) is 12.4 Å². The lowest BCUT2D eigenvalue weighted by atomic mass is 10.0. The minimum absolute atomic E-state index is 0.133. The van der Waals surface area contributed by atoms with Crippen molar-refractivity contribution in [3.05, 3.63) is 81.7 Å². The Morgan fingerprint density at radius 1 is 1.17 bits per heavy atom. The maximum atomic E-state index is 12.7. The quantitative estimate of drug-likeness (QED) is 0.175. The van der Waals surface area contributed by atoms with E-state index in [0.29, 0.717) is 11.3 Å². The normalized spacial score (nSPS) is 21.0. The van der Waals surface area contributed by atoms with Crippen LogP contribution in [0.1, 0.15) is 5.56 Å². The first kappa shape index (κ1) is 24.0. The van der Waals surface area contributed by atoms with E-state index in [2.05, 4.69) is 5.32 Å². The summed E-state index contributed by atoms with van der Waals surface area (Å²) in [5.41, 5.74) is -0.141. The fraction of sp³-hybridized carbons (Fsp3) is 0.227. The maximum absolute atomic E-state index is 12.7. The molecule has 4 rings (SSSR count). The van der Waals surface area contributed by atoms with Crippen molar-refractivity contribution in [1.82, 2.24) is 10.2 Å². The van der Waals surface area contributed by atoms with Gasteiger partial charge in [-0.2, -0.15) is 0 Å². The highest BCUT2D eigenvalue weighted by atomic mass is 32.2. The van der Waals surface area contributed by atoms with Gasteiger partial charge in [0.2, 0.25) is 5.37 Å². The maximum Gasteiger partial charge on any atom is 0.359 e. The molecule has 35 heavy (non-hydrogen) atoms. The molecule has 2 N–H and O–H groups in total. The molecular formula is C22H19N3O9S. The van der Waals surface area contributed by atoms with E-state index in [1.165, 1.54) is 24.3 Å². The van der Waals surface area contributed by atoms with Gasteiger partial charge >= 0.3 is 5.97 Å². The van der Waals surface area contributed by atoms with Crippen molar-refractivity contribution >= 4 is 34.6 Å². The molecule has 2 aliphatic rings. The number of rotatable bonds is 8. The molecule has 2 heterocycles. The Labute approximate surface area is 201 Å². The molecule has 1 fully saturated rings. The molecule has 0 aromatic heterocycles. The highest BCUT2D eigenvalue weighted by molar-refractivity contribution is 7.92. The number of benzene rings is 2. The number of amides is 2. The molecule has 2 aromatic carbocycles. The molecule has 12 nitrogen and oxygen atoms in total. The average Bonchev–Trinajstić information content (AvgIpc) is 2.85. The first-order valence-corrected chi connectivity index (χ1v) is 11.6. The summed E-state index contributed by atoms with van der Waals surface area (Å²) in [4.78, 5) is 48.6. The van der Waals surface area contributed by atoms with Crippen LogP contribution in [0.4, 0.5) is 5.69 Å². The summed E-state index contributed by atoms with van der Waals surface area (Å²) in [5, 5.41) is 22.4. The van der Waals surface area contributed by atoms with Crippen molar-refractivity contribution in [1.29, 1.82) is 0 Å². The number of esters is 1. The molecule has 0 radical (unpaired) electrons. The molecule has 182 valence electrons. The number of nitrogens with one attached hydrogen (secondary N) is 1. The summed E-state index contributed by atoms with van der Waals surface area (Å²) in [6, 6.07) is 12.7. The molecule has 3 atom stereocenters. The fourth-order valence-electron chi connectivity index (χ4n) is 3.56. The fourth-order valence-corrected chi connectivity index (χ4v) is 5.07. The molecule has 1 unspecified atom stereocenters. The van der Waals surface area contributed by atoms with Gasteiger partial charge in [0.05, 0.1) is 4.92 Å². The third kappa shape index (κ3) is 5.05. The average molecular weight is 501 g/mol. The molecule has 2 amide bonds. The van der Waals surface area contributed by atoms with Crippen LogP contribution < -0.4 is 10.1 Å². The lowest BCUT2D eigenvalue weighted by molar-refractivity contribution is -0.384. The Balaban J connectivity index is 1.38. The van der Waals surface area contributed by atoms with Gasteiger partial charge in [-0.3, -0.25) is 24.6 Å². The summed E-state index contributed by atoms with van der Waals surface area (Å²) < 4.78 is 23.0. The standard InChI is InChI=1S/C22H19N3O9S/c26-16-12-35(32)21-18(23-17(27)11-33-15-4-2-1-3-5-15)20(28)24(21)19(16)22(29)34-10-13-6-8-14(9-7-13)25(30)31/h1-9,18,21,26H,10-12H2,(H,23,27)/t18?,21-,35+/m0/s1. The Kier molecular flexibility index (Phi) is 6.89. The molecule has 0 spiro atoms. The highest BCUT2D eigenvalue weighted by Gasteiger charge is 2.61. The number of nitro groups is 1. The second-order valence-electron chi connectivity index (χ2n) is 7.57. The number of hydrogen-bond acceptors (Lipinski definition) is 9. The van der Waals surface area contributed by atoms with Gasteiger partial charge in [-0.15, -0.1) is 0 Å². The Bertz CT molecular complexity index is 1190. The molecule has 1 saturated heterocycles. The predicted molar refractivity (Wildman–Crippen MR) is 120 cm³/mol. The van der Waals surface area contributed by atoms with Crippen molar-refractivity contribution in [3.8, 4) is 5.75 Å². The summed E-state index contributed by atoms with van der Waals surface area (Å²) in [6.07, 6.45) is 0. The first-order valence-electron chi connectivity index (χ1n) is 10.3. The number of β-lactam (4-membered cyclic amide) rings is 1. The van der Waals surface area contributed by atoms with Crippen LogP contribution >= 0.6 is 0 Å². The SMILES string of the molecule is O=C(COc1ccccc1)NC1C(=O)N2C(C(=O)OCc3ccc([N+](=O)[O-])cc3)=C(O)C[S@@+]([O-])[C@@H]12. The van der Waals surface area contributed by atoms with E-state index < -0.39 is 62.5 Å². The molecule has 13 heteroatoms. The number of aliphatic hydroxyl groups is 1. The summed E-state index contributed by atoms with van der Waals surface area (Å²) in [5.74, 6) is -2.90. The summed E-state index contributed by atoms with van der Waals surface area (Å²) in [7, 11) is 0. The number of fused-ring (bicyclic) bond motifs is 1. The van der Waals surface area contributed by atoms with Gasteiger partial charge in [0.15, 0.2) is 29.9 Å². The van der Waals surface area contributed by atoms with E-state index in [1.807, 2.05) is 0 Å². The van der Waals surface area contributed by atoms with Crippen LogP contribution in [0.2, 0.25) is 0 Å². The van der Waals surface area contributed by atoms with E-state index >= 15 is 0 Å². The number of hydrogen-bond donors (Lipinski definition) is 2. The number of aliphatic hydroxyl groups excluding tert-OH is 1. The predicted octanol–water partition coefficient (Wildman–Crippen LogP) is 0.902. The van der Waals surface area contributed by atoms with Gasteiger partial charge in [-0.25, -0.2) is 4.79 Å². The molecule has 2 aromatic rings.